The number of hydrogen-bond donors (Lipinski definition) is 1. The van der Waals surface area contributed by atoms with E-state index < -0.39 is 16.8 Å². The number of hydrogen-bond acceptors (Lipinski definition) is 7. The van der Waals surface area contributed by atoms with Gasteiger partial charge >= 0.3 is 11.8 Å². The maximum Gasteiger partial charge on any atom is 0.404 e. The van der Waals surface area contributed by atoms with E-state index in [-0.39, 0.29) is 21.7 Å². The number of halogens is 1. The van der Waals surface area contributed by atoms with Gasteiger partial charge in [-0.2, -0.15) is 4.68 Å². The van der Waals surface area contributed by atoms with Gasteiger partial charge in [-0.25, -0.2) is 4.79 Å². The van der Waals surface area contributed by atoms with Crippen LogP contribution < -0.4 is 5.32 Å². The van der Waals surface area contributed by atoms with Crippen molar-refractivity contribution in [3.8, 4) is 0 Å². The molecular formula is C12H11BrN4O5S. The quantitative estimate of drug-likeness (QED) is 0.465. The topological polar surface area (TPSA) is 116 Å². The summed E-state index contributed by atoms with van der Waals surface area (Å²) >= 11 is 4.21. The molecule has 122 valence electrons. The maximum absolute atomic E-state index is 12.1. The smallest absolute Gasteiger partial charge is 0.404 e. The average molecular weight is 403 g/mol. The Morgan fingerprint density at radius 3 is 2.83 bits per heavy atom. The third-order valence-electron chi connectivity index (χ3n) is 2.89. The Morgan fingerprint density at radius 2 is 2.26 bits per heavy atom. The third-order valence-corrected chi connectivity index (χ3v) is 4.72. The molecule has 0 atom stereocenters. The summed E-state index contributed by atoms with van der Waals surface area (Å²) in [5.41, 5.74) is 0.774. The van der Waals surface area contributed by atoms with E-state index in [1.807, 2.05) is 0 Å². The molecule has 0 aromatic carbocycles. The molecule has 0 saturated heterocycles. The number of aromatic nitrogens is 2. The zero-order valence-corrected chi connectivity index (χ0v) is 14.4. The van der Waals surface area contributed by atoms with Gasteiger partial charge in [-0.1, -0.05) is 0 Å². The Hall–Kier alpha value is -2.27. The van der Waals surface area contributed by atoms with E-state index >= 15 is 0 Å². The number of methoxy groups -OCH3 is 1. The molecule has 0 unspecified atom stereocenters. The van der Waals surface area contributed by atoms with Gasteiger partial charge in [0.05, 0.1) is 23.6 Å². The summed E-state index contributed by atoms with van der Waals surface area (Å²) in [7, 11) is 1.25. The number of amides is 1. The van der Waals surface area contributed by atoms with Crippen molar-refractivity contribution in [1.29, 1.82) is 0 Å². The predicted molar refractivity (Wildman–Crippen MR) is 85.6 cm³/mol. The van der Waals surface area contributed by atoms with Crippen LogP contribution in [-0.4, -0.2) is 33.7 Å². The number of ether oxygens (including phenoxy) is 1. The fourth-order valence-corrected chi connectivity index (χ4v) is 2.96. The molecule has 0 radical (unpaired) electrons. The van der Waals surface area contributed by atoms with E-state index in [0.29, 0.717) is 11.4 Å². The summed E-state index contributed by atoms with van der Waals surface area (Å²) in [5, 5.41) is 18.8. The molecule has 2 aromatic heterocycles. The number of carbonyl (C=O) groups is 2. The lowest BCUT2D eigenvalue weighted by Crippen LogP contribution is -2.21. The van der Waals surface area contributed by atoms with Crippen LogP contribution >= 0.6 is 27.3 Å². The molecule has 2 rings (SSSR count). The number of thiophene rings is 1. The fraction of sp³-hybridized carbons (Fsp3) is 0.250. The Labute approximate surface area is 142 Å². The molecule has 0 aliphatic carbocycles. The summed E-state index contributed by atoms with van der Waals surface area (Å²) in [6.45, 7) is 1.37. The van der Waals surface area contributed by atoms with Gasteiger partial charge in [0.1, 0.15) is 15.9 Å². The lowest BCUT2D eigenvalue weighted by atomic mass is 10.3. The SMILES string of the molecule is COC(=O)c1sccc1NC(=O)Cn1nc([N+](=O)[O-])c(Br)c1C. The van der Waals surface area contributed by atoms with Crippen molar-refractivity contribution in [2.45, 2.75) is 13.5 Å². The molecule has 2 heterocycles. The van der Waals surface area contributed by atoms with Gasteiger partial charge in [0, 0.05) is 0 Å². The summed E-state index contributed by atoms with van der Waals surface area (Å²) in [6.07, 6.45) is 0. The highest BCUT2D eigenvalue weighted by Gasteiger charge is 2.25. The second kappa shape index (κ2) is 6.87. The number of anilines is 1. The van der Waals surface area contributed by atoms with Gasteiger partial charge in [0.25, 0.3) is 0 Å². The molecule has 9 nitrogen and oxygen atoms in total. The molecule has 2 aromatic rings. The molecule has 23 heavy (non-hydrogen) atoms. The van der Waals surface area contributed by atoms with E-state index in [9.17, 15) is 19.7 Å². The highest BCUT2D eigenvalue weighted by Crippen LogP contribution is 2.27. The second-order valence-corrected chi connectivity index (χ2v) is 6.05. The minimum Gasteiger partial charge on any atom is -0.465 e. The van der Waals surface area contributed by atoms with Crippen LogP contribution in [0.4, 0.5) is 11.5 Å². The van der Waals surface area contributed by atoms with Crippen molar-refractivity contribution in [1.82, 2.24) is 9.78 Å². The largest absolute Gasteiger partial charge is 0.465 e. The van der Waals surface area contributed by atoms with Crippen LogP contribution in [0.5, 0.6) is 0 Å². The maximum atomic E-state index is 12.1. The highest BCUT2D eigenvalue weighted by molar-refractivity contribution is 9.10. The Morgan fingerprint density at radius 1 is 1.57 bits per heavy atom. The molecule has 0 spiro atoms. The van der Waals surface area contributed by atoms with E-state index in [4.69, 9.17) is 0 Å². The first kappa shape index (κ1) is 17.1. The van der Waals surface area contributed by atoms with E-state index in [1.54, 1.807) is 18.4 Å². The number of nitrogens with zero attached hydrogens (tertiary/aromatic N) is 3. The van der Waals surface area contributed by atoms with Crippen molar-refractivity contribution in [3.63, 3.8) is 0 Å². The molecular weight excluding hydrogens is 392 g/mol. The van der Waals surface area contributed by atoms with Crippen LogP contribution in [0.2, 0.25) is 0 Å². The lowest BCUT2D eigenvalue weighted by molar-refractivity contribution is -0.390. The first-order chi connectivity index (χ1) is 10.8. The van der Waals surface area contributed by atoms with Gasteiger partial charge < -0.3 is 20.2 Å². The average Bonchev–Trinajstić information content (AvgIpc) is 3.06. The number of carbonyl (C=O) groups excluding carboxylic acids is 2. The van der Waals surface area contributed by atoms with Crippen molar-refractivity contribution in [3.05, 3.63) is 36.6 Å². The Balaban J connectivity index is 2.15. The van der Waals surface area contributed by atoms with Crippen LogP contribution in [0.3, 0.4) is 0 Å². The third kappa shape index (κ3) is 3.56. The standard InChI is InChI=1S/C12H11BrN4O5S/c1-6-9(13)11(17(20)21)15-16(6)5-8(18)14-7-3-4-23-10(7)12(19)22-2/h3-4H,5H2,1-2H3,(H,14,18). The van der Waals surface area contributed by atoms with Crippen molar-refractivity contribution in [2.75, 3.05) is 12.4 Å². The highest BCUT2D eigenvalue weighted by atomic mass is 79.9. The zero-order valence-electron chi connectivity index (χ0n) is 12.0. The molecule has 1 N–H and O–H groups in total. The predicted octanol–water partition coefficient (Wildman–Crippen LogP) is 2.35. The van der Waals surface area contributed by atoms with Crippen molar-refractivity contribution in [2.24, 2.45) is 0 Å². The molecule has 11 heteroatoms. The lowest BCUT2D eigenvalue weighted by Gasteiger charge is -2.05. The molecule has 0 aliphatic rings. The monoisotopic (exact) mass is 402 g/mol. The van der Waals surface area contributed by atoms with Gasteiger partial charge in [-0.05, 0) is 39.2 Å². The molecule has 0 bridgehead atoms. The Kier molecular flexibility index (Phi) is 5.11. The normalized spacial score (nSPS) is 10.4. The summed E-state index contributed by atoms with van der Waals surface area (Å²) in [6, 6.07) is 1.57. The first-order valence-corrected chi connectivity index (χ1v) is 7.85. The number of nitro groups is 1. The molecule has 0 fully saturated rings. The van der Waals surface area contributed by atoms with Crippen LogP contribution in [-0.2, 0) is 16.1 Å². The van der Waals surface area contributed by atoms with Crippen LogP contribution in [0.25, 0.3) is 0 Å². The minimum absolute atomic E-state index is 0.223. The van der Waals surface area contributed by atoms with E-state index in [0.717, 1.165) is 11.3 Å². The number of rotatable bonds is 5. The van der Waals surface area contributed by atoms with Crippen molar-refractivity contribution >= 4 is 50.6 Å². The van der Waals surface area contributed by atoms with Gasteiger partial charge in [0.2, 0.25) is 5.91 Å². The Bertz CT molecular complexity index is 785. The fourth-order valence-electron chi connectivity index (χ4n) is 1.76. The van der Waals surface area contributed by atoms with Gasteiger partial charge in [-0.15, -0.1) is 11.3 Å². The van der Waals surface area contributed by atoms with Gasteiger partial charge in [0.15, 0.2) is 0 Å². The molecule has 1 amide bonds. The summed E-state index contributed by atoms with van der Waals surface area (Å²) in [5.74, 6) is -1.38. The molecule has 0 aliphatic heterocycles. The summed E-state index contributed by atoms with van der Waals surface area (Å²) < 4.78 is 6.05. The van der Waals surface area contributed by atoms with E-state index in [1.165, 1.54) is 11.8 Å². The van der Waals surface area contributed by atoms with E-state index in [2.05, 4.69) is 31.1 Å². The van der Waals surface area contributed by atoms with Crippen LogP contribution in [0.15, 0.2) is 15.9 Å². The summed E-state index contributed by atoms with van der Waals surface area (Å²) in [4.78, 5) is 34.1. The number of nitrogens with one attached hydrogen (secondary N) is 1. The first-order valence-electron chi connectivity index (χ1n) is 6.18. The van der Waals surface area contributed by atoms with Gasteiger partial charge in [-0.3, -0.25) is 4.79 Å². The minimum atomic E-state index is -0.639. The zero-order chi connectivity index (χ0) is 17.1. The van der Waals surface area contributed by atoms with Crippen molar-refractivity contribution < 1.29 is 19.2 Å². The van der Waals surface area contributed by atoms with Crippen LogP contribution in [0.1, 0.15) is 15.4 Å². The van der Waals surface area contributed by atoms with Crippen LogP contribution in [0, 0.1) is 17.0 Å². The number of esters is 1. The second-order valence-electron chi connectivity index (χ2n) is 4.34. The molecule has 0 saturated carbocycles.